The van der Waals surface area contributed by atoms with Gasteiger partial charge in [0.2, 0.25) is 5.89 Å². The summed E-state index contributed by atoms with van der Waals surface area (Å²) in [6.45, 7) is 0. The molecule has 2 aliphatic rings. The van der Waals surface area contributed by atoms with E-state index in [0.29, 0.717) is 12.3 Å². The van der Waals surface area contributed by atoms with Gasteiger partial charge in [-0.2, -0.15) is 4.98 Å². The Morgan fingerprint density at radius 1 is 1.20 bits per heavy atom. The molecule has 0 saturated heterocycles. The molecule has 2 aromatic rings. The quantitative estimate of drug-likeness (QED) is 0.858. The van der Waals surface area contributed by atoms with Crippen LogP contribution in [0.4, 0.5) is 0 Å². The van der Waals surface area contributed by atoms with Crippen molar-refractivity contribution in [2.75, 3.05) is 0 Å². The Labute approximate surface area is 117 Å². The van der Waals surface area contributed by atoms with E-state index in [-0.39, 0.29) is 17.1 Å². The summed E-state index contributed by atoms with van der Waals surface area (Å²) in [5, 5.41) is 4.17. The summed E-state index contributed by atoms with van der Waals surface area (Å²) >= 11 is 0. The van der Waals surface area contributed by atoms with E-state index >= 15 is 0 Å². The summed E-state index contributed by atoms with van der Waals surface area (Å²) in [6.07, 6.45) is 4.53. The van der Waals surface area contributed by atoms with Crippen LogP contribution in [-0.2, 0) is 10.2 Å². The second-order valence-corrected chi connectivity index (χ2v) is 5.82. The van der Waals surface area contributed by atoms with E-state index in [2.05, 4.69) is 22.3 Å². The van der Waals surface area contributed by atoms with Crippen LogP contribution in [0.3, 0.4) is 0 Å². The van der Waals surface area contributed by atoms with Crippen LogP contribution in [0.15, 0.2) is 34.9 Å². The molecule has 0 radical (unpaired) electrons. The number of rotatable bonds is 3. The number of ketones is 1. The number of aromatic nitrogens is 2. The molecule has 1 atom stereocenters. The zero-order valence-electron chi connectivity index (χ0n) is 11.2. The number of hydrogen-bond acceptors (Lipinski definition) is 4. The second-order valence-electron chi connectivity index (χ2n) is 5.82. The van der Waals surface area contributed by atoms with Crippen LogP contribution in [-0.4, -0.2) is 15.9 Å². The number of benzene rings is 1. The summed E-state index contributed by atoms with van der Waals surface area (Å²) in [4.78, 5) is 16.3. The van der Waals surface area contributed by atoms with Crippen molar-refractivity contribution in [3.8, 4) is 0 Å². The first-order valence-electron chi connectivity index (χ1n) is 7.22. The molecule has 0 bridgehead atoms. The van der Waals surface area contributed by atoms with Crippen molar-refractivity contribution in [3.63, 3.8) is 0 Å². The third-order valence-electron chi connectivity index (χ3n) is 4.55. The third-order valence-corrected chi connectivity index (χ3v) is 4.55. The number of hydrogen-bond donors (Lipinski definition) is 0. The maximum absolute atomic E-state index is 11.8. The Morgan fingerprint density at radius 2 is 2.00 bits per heavy atom. The van der Waals surface area contributed by atoms with Gasteiger partial charge in [0.15, 0.2) is 5.82 Å². The van der Waals surface area contributed by atoms with Gasteiger partial charge in [-0.15, -0.1) is 0 Å². The summed E-state index contributed by atoms with van der Waals surface area (Å²) in [5.41, 5.74) is 1.16. The number of nitrogens with zero attached hydrogens (tertiary/aromatic N) is 2. The minimum Gasteiger partial charge on any atom is -0.339 e. The van der Waals surface area contributed by atoms with Gasteiger partial charge in [0.25, 0.3) is 0 Å². The van der Waals surface area contributed by atoms with Crippen molar-refractivity contribution in [1.82, 2.24) is 10.1 Å². The normalized spacial score (nSPS) is 24.0. The highest BCUT2D eigenvalue weighted by Gasteiger charge is 2.50. The van der Waals surface area contributed by atoms with Crippen LogP contribution in [0.5, 0.6) is 0 Å². The number of Topliss-reactive ketones (excluding diaryl/α,β-unsaturated/α-hetero) is 1. The molecule has 4 nitrogen and oxygen atoms in total. The van der Waals surface area contributed by atoms with Gasteiger partial charge in [-0.1, -0.05) is 35.5 Å². The Balaban J connectivity index is 1.67. The molecule has 2 saturated carbocycles. The Kier molecular flexibility index (Phi) is 2.52. The van der Waals surface area contributed by atoms with Crippen LogP contribution >= 0.6 is 0 Å². The van der Waals surface area contributed by atoms with Gasteiger partial charge in [-0.3, -0.25) is 4.79 Å². The van der Waals surface area contributed by atoms with E-state index in [4.69, 9.17) is 4.52 Å². The fourth-order valence-corrected chi connectivity index (χ4v) is 3.17. The maximum Gasteiger partial charge on any atom is 0.237 e. The molecule has 4 rings (SSSR count). The summed E-state index contributed by atoms with van der Waals surface area (Å²) in [7, 11) is 0. The molecule has 1 aromatic carbocycles. The molecule has 0 aliphatic heterocycles. The molecule has 20 heavy (non-hydrogen) atoms. The third kappa shape index (κ3) is 1.71. The van der Waals surface area contributed by atoms with E-state index in [1.807, 2.05) is 18.2 Å². The fraction of sp³-hybridized carbons (Fsp3) is 0.438. The summed E-state index contributed by atoms with van der Waals surface area (Å²) in [6, 6.07) is 10.3. The van der Waals surface area contributed by atoms with Gasteiger partial charge in [0.05, 0.1) is 11.3 Å². The Hall–Kier alpha value is -1.97. The highest BCUT2D eigenvalue weighted by atomic mass is 16.5. The topological polar surface area (TPSA) is 56.0 Å². The van der Waals surface area contributed by atoms with E-state index in [1.165, 1.54) is 5.56 Å². The Bertz CT molecular complexity index is 644. The SMILES string of the molecule is O=C1CCCC1c1nc(C2(c3ccccc3)CC2)no1. The zero-order chi connectivity index (χ0) is 13.6. The van der Waals surface area contributed by atoms with Gasteiger partial charge >= 0.3 is 0 Å². The van der Waals surface area contributed by atoms with Crippen molar-refractivity contribution < 1.29 is 9.32 Å². The number of carbonyl (C=O) groups is 1. The number of carbonyl (C=O) groups excluding carboxylic acids is 1. The molecule has 0 spiro atoms. The van der Waals surface area contributed by atoms with Gasteiger partial charge in [0.1, 0.15) is 5.78 Å². The average molecular weight is 268 g/mol. The van der Waals surface area contributed by atoms with E-state index in [0.717, 1.165) is 31.5 Å². The molecule has 4 heteroatoms. The first-order chi connectivity index (χ1) is 9.79. The lowest BCUT2D eigenvalue weighted by Crippen LogP contribution is -2.11. The molecule has 2 aliphatic carbocycles. The zero-order valence-corrected chi connectivity index (χ0v) is 11.2. The van der Waals surface area contributed by atoms with Crippen LogP contribution in [0.1, 0.15) is 55.3 Å². The first-order valence-corrected chi connectivity index (χ1v) is 7.22. The van der Waals surface area contributed by atoms with Crippen LogP contribution in [0, 0.1) is 0 Å². The van der Waals surface area contributed by atoms with Gasteiger partial charge < -0.3 is 4.52 Å². The van der Waals surface area contributed by atoms with Crippen molar-refractivity contribution in [1.29, 1.82) is 0 Å². The smallest absolute Gasteiger partial charge is 0.237 e. The molecule has 102 valence electrons. The van der Waals surface area contributed by atoms with Crippen LogP contribution in [0.2, 0.25) is 0 Å². The Morgan fingerprint density at radius 3 is 2.65 bits per heavy atom. The summed E-state index contributed by atoms with van der Waals surface area (Å²) < 4.78 is 5.38. The standard InChI is InChI=1S/C16H16N2O2/c19-13-8-4-7-12(13)14-17-15(18-20-14)16(9-10-16)11-5-2-1-3-6-11/h1-3,5-6,12H,4,7-10H2. The van der Waals surface area contributed by atoms with Crippen molar-refractivity contribution >= 4 is 5.78 Å². The lowest BCUT2D eigenvalue weighted by atomic mass is 9.95. The fourth-order valence-electron chi connectivity index (χ4n) is 3.17. The van der Waals surface area contributed by atoms with Gasteiger partial charge in [-0.25, -0.2) is 0 Å². The minimum atomic E-state index is -0.164. The average Bonchev–Trinajstić information content (AvgIpc) is 2.94. The van der Waals surface area contributed by atoms with Gasteiger partial charge in [-0.05, 0) is 31.2 Å². The lowest BCUT2D eigenvalue weighted by Gasteiger charge is -2.10. The first kappa shape index (κ1) is 11.8. The molecule has 2 fully saturated rings. The highest BCUT2D eigenvalue weighted by Crippen LogP contribution is 2.52. The van der Waals surface area contributed by atoms with Crippen LogP contribution in [0.25, 0.3) is 0 Å². The summed E-state index contributed by atoms with van der Waals surface area (Å²) in [5.74, 6) is 1.34. The lowest BCUT2D eigenvalue weighted by molar-refractivity contribution is -0.119. The molecule has 1 unspecified atom stereocenters. The van der Waals surface area contributed by atoms with E-state index < -0.39 is 0 Å². The van der Waals surface area contributed by atoms with Crippen molar-refractivity contribution in [2.24, 2.45) is 0 Å². The van der Waals surface area contributed by atoms with Crippen LogP contribution < -0.4 is 0 Å². The monoisotopic (exact) mass is 268 g/mol. The highest BCUT2D eigenvalue weighted by molar-refractivity contribution is 5.86. The van der Waals surface area contributed by atoms with Crippen molar-refractivity contribution in [3.05, 3.63) is 47.6 Å². The van der Waals surface area contributed by atoms with Gasteiger partial charge in [0, 0.05) is 6.42 Å². The predicted molar refractivity (Wildman–Crippen MR) is 72.4 cm³/mol. The molecular formula is C16H16N2O2. The second kappa shape index (κ2) is 4.27. The molecule has 1 aromatic heterocycles. The van der Waals surface area contributed by atoms with E-state index in [1.54, 1.807) is 0 Å². The molecule has 0 N–H and O–H groups in total. The largest absolute Gasteiger partial charge is 0.339 e. The maximum atomic E-state index is 11.8. The molecule has 0 amide bonds. The van der Waals surface area contributed by atoms with E-state index in [9.17, 15) is 4.79 Å². The molecule has 1 heterocycles. The molecular weight excluding hydrogens is 252 g/mol. The predicted octanol–water partition coefficient (Wildman–Crippen LogP) is 2.99. The van der Waals surface area contributed by atoms with Crippen molar-refractivity contribution in [2.45, 2.75) is 43.4 Å². The minimum absolute atomic E-state index is 0.0787.